The molecule has 0 fully saturated rings. The zero-order valence-electron chi connectivity index (χ0n) is 15.5. The van der Waals surface area contributed by atoms with E-state index >= 15 is 0 Å². The summed E-state index contributed by atoms with van der Waals surface area (Å²) < 4.78 is 16.1. The van der Waals surface area contributed by atoms with Crippen LogP contribution in [0.1, 0.15) is 5.76 Å². The quantitative estimate of drug-likeness (QED) is 0.260. The van der Waals surface area contributed by atoms with Crippen LogP contribution in [-0.4, -0.2) is 46.2 Å². The molecule has 0 spiro atoms. The Labute approximate surface area is 169 Å². The molecular weight excluding hydrogens is 394 g/mol. The van der Waals surface area contributed by atoms with Crippen molar-refractivity contribution in [3.05, 3.63) is 54.7 Å². The van der Waals surface area contributed by atoms with Gasteiger partial charge in [-0.25, -0.2) is 9.97 Å². The number of furan rings is 2. The molecule has 3 aromatic heterocycles. The van der Waals surface area contributed by atoms with Crippen molar-refractivity contribution in [1.29, 1.82) is 0 Å². The smallest absolute Gasteiger partial charge is 0.316 e. The predicted molar refractivity (Wildman–Crippen MR) is 106 cm³/mol. The average Bonchev–Trinajstić information content (AvgIpc) is 3.38. The molecule has 0 saturated heterocycles. The number of hydrogen-bond donors (Lipinski definition) is 0. The lowest BCUT2D eigenvalue weighted by Gasteiger charge is -2.15. The fourth-order valence-electron chi connectivity index (χ4n) is 2.75. The maximum Gasteiger partial charge on any atom is 0.316 e. The molecule has 0 aliphatic heterocycles. The van der Waals surface area contributed by atoms with Crippen LogP contribution >= 0.6 is 11.8 Å². The van der Waals surface area contributed by atoms with E-state index in [1.54, 1.807) is 19.2 Å². The minimum absolute atomic E-state index is 0.00165. The Kier molecular flexibility index (Phi) is 5.48. The van der Waals surface area contributed by atoms with Crippen molar-refractivity contribution < 1.29 is 23.2 Å². The average molecular weight is 411 g/mol. The van der Waals surface area contributed by atoms with Crippen molar-refractivity contribution in [2.24, 2.45) is 0 Å². The van der Waals surface area contributed by atoms with Crippen molar-refractivity contribution in [2.45, 2.75) is 11.6 Å². The normalized spacial score (nSPS) is 11.1. The molecule has 4 rings (SSSR count). The summed E-state index contributed by atoms with van der Waals surface area (Å²) in [6, 6.07) is 11.1. The Balaban J connectivity index is 1.33. The number of benzene rings is 1. The summed E-state index contributed by atoms with van der Waals surface area (Å²) >= 11 is 1.18. The number of amides is 1. The highest BCUT2D eigenvalue weighted by atomic mass is 32.2. The van der Waals surface area contributed by atoms with Crippen LogP contribution in [-0.2, 0) is 20.9 Å². The van der Waals surface area contributed by atoms with E-state index in [9.17, 15) is 9.59 Å². The van der Waals surface area contributed by atoms with Gasteiger partial charge in [0.1, 0.15) is 28.2 Å². The first-order chi connectivity index (χ1) is 14.1. The van der Waals surface area contributed by atoms with Gasteiger partial charge in [-0.05, 0) is 24.3 Å². The minimum Gasteiger partial charge on any atom is -0.467 e. The predicted octanol–water partition coefficient (Wildman–Crippen LogP) is 3.26. The SMILES string of the molecule is CN(Cc1ccco1)C(=O)COC(=O)CSc1ncnc2c1oc1ccccc12. The van der Waals surface area contributed by atoms with Crippen LogP contribution < -0.4 is 0 Å². The summed E-state index contributed by atoms with van der Waals surface area (Å²) in [5.41, 5.74) is 1.93. The molecule has 3 heterocycles. The summed E-state index contributed by atoms with van der Waals surface area (Å²) in [7, 11) is 1.62. The maximum absolute atomic E-state index is 12.1. The van der Waals surface area contributed by atoms with Crippen LogP contribution in [0.3, 0.4) is 0 Å². The third-order valence-electron chi connectivity index (χ3n) is 4.21. The number of carbonyl (C=O) groups is 2. The standard InChI is InChI=1S/C20H17N3O5S/c1-23(9-13-5-4-8-26-13)16(24)10-27-17(25)11-29-20-19-18(21-12-22-20)14-6-2-3-7-15(14)28-19/h2-8,12H,9-11H2,1H3. The lowest BCUT2D eigenvalue weighted by Crippen LogP contribution is -2.30. The first kappa shape index (κ1) is 19.0. The van der Waals surface area contributed by atoms with Gasteiger partial charge in [0.2, 0.25) is 0 Å². The summed E-state index contributed by atoms with van der Waals surface area (Å²) in [5.74, 6) is -0.182. The summed E-state index contributed by atoms with van der Waals surface area (Å²) in [6.45, 7) is -0.0243. The molecular formula is C20H17N3O5S. The molecule has 1 aromatic carbocycles. The van der Waals surface area contributed by atoms with Gasteiger partial charge in [-0.15, -0.1) is 0 Å². The summed E-state index contributed by atoms with van der Waals surface area (Å²) in [5, 5.41) is 1.43. The molecule has 0 bridgehead atoms. The van der Waals surface area contributed by atoms with E-state index in [2.05, 4.69) is 9.97 Å². The molecule has 0 saturated carbocycles. The fourth-order valence-corrected chi connectivity index (χ4v) is 3.48. The van der Waals surface area contributed by atoms with E-state index in [1.807, 2.05) is 24.3 Å². The molecule has 0 aliphatic carbocycles. The Morgan fingerprint density at radius 2 is 2.03 bits per heavy atom. The van der Waals surface area contributed by atoms with Gasteiger partial charge in [0, 0.05) is 12.4 Å². The second kappa shape index (κ2) is 8.36. The molecule has 8 nitrogen and oxygen atoms in total. The van der Waals surface area contributed by atoms with Crippen molar-refractivity contribution in [1.82, 2.24) is 14.9 Å². The number of ether oxygens (including phenoxy) is 1. The number of likely N-dealkylation sites (N-methyl/N-ethyl adjacent to an activating group) is 1. The van der Waals surface area contributed by atoms with E-state index in [1.165, 1.54) is 29.3 Å². The van der Waals surface area contributed by atoms with Crippen LogP contribution in [0.2, 0.25) is 0 Å². The summed E-state index contributed by atoms with van der Waals surface area (Å²) in [6.07, 6.45) is 2.97. The van der Waals surface area contributed by atoms with Gasteiger partial charge in [-0.1, -0.05) is 23.9 Å². The molecule has 1 amide bonds. The van der Waals surface area contributed by atoms with Gasteiger partial charge in [-0.3, -0.25) is 9.59 Å². The number of para-hydroxylation sites is 1. The molecule has 0 N–H and O–H groups in total. The third kappa shape index (κ3) is 4.24. The van der Waals surface area contributed by atoms with Crippen LogP contribution in [0, 0.1) is 0 Å². The number of aromatic nitrogens is 2. The molecule has 0 aliphatic rings. The van der Waals surface area contributed by atoms with Gasteiger partial charge in [-0.2, -0.15) is 0 Å². The monoisotopic (exact) mass is 411 g/mol. The highest BCUT2D eigenvalue weighted by molar-refractivity contribution is 8.00. The van der Waals surface area contributed by atoms with E-state index in [4.69, 9.17) is 13.6 Å². The first-order valence-electron chi connectivity index (χ1n) is 8.79. The number of fused-ring (bicyclic) bond motifs is 3. The molecule has 148 valence electrons. The zero-order valence-corrected chi connectivity index (χ0v) is 16.3. The van der Waals surface area contributed by atoms with E-state index in [0.29, 0.717) is 34.0 Å². The van der Waals surface area contributed by atoms with Crippen molar-refractivity contribution in [3.8, 4) is 0 Å². The van der Waals surface area contributed by atoms with Gasteiger partial charge < -0.3 is 18.5 Å². The number of rotatable bonds is 7. The maximum atomic E-state index is 12.1. The second-order valence-electron chi connectivity index (χ2n) is 6.23. The Bertz CT molecular complexity index is 1160. The molecule has 0 atom stereocenters. The van der Waals surface area contributed by atoms with Crippen molar-refractivity contribution in [2.75, 3.05) is 19.4 Å². The van der Waals surface area contributed by atoms with Crippen LogP contribution in [0.4, 0.5) is 0 Å². The number of hydrogen-bond acceptors (Lipinski definition) is 8. The van der Waals surface area contributed by atoms with E-state index in [-0.39, 0.29) is 18.3 Å². The highest BCUT2D eigenvalue weighted by Crippen LogP contribution is 2.32. The Morgan fingerprint density at radius 3 is 2.86 bits per heavy atom. The van der Waals surface area contributed by atoms with Crippen LogP contribution in [0.5, 0.6) is 0 Å². The van der Waals surface area contributed by atoms with Crippen molar-refractivity contribution >= 4 is 45.7 Å². The second-order valence-corrected chi connectivity index (χ2v) is 7.20. The van der Waals surface area contributed by atoms with Crippen LogP contribution in [0.15, 0.2) is 62.8 Å². The molecule has 0 radical (unpaired) electrons. The Morgan fingerprint density at radius 1 is 1.17 bits per heavy atom. The Hall–Kier alpha value is -3.33. The van der Waals surface area contributed by atoms with Gasteiger partial charge in [0.05, 0.1) is 18.6 Å². The number of nitrogens with zero attached hydrogens (tertiary/aromatic N) is 3. The zero-order chi connectivity index (χ0) is 20.2. The molecule has 29 heavy (non-hydrogen) atoms. The fraction of sp³-hybridized carbons (Fsp3) is 0.200. The topological polar surface area (TPSA) is 98.7 Å². The van der Waals surface area contributed by atoms with Crippen LogP contribution in [0.25, 0.3) is 22.1 Å². The van der Waals surface area contributed by atoms with Gasteiger partial charge in [0.15, 0.2) is 12.2 Å². The van der Waals surface area contributed by atoms with E-state index < -0.39 is 5.97 Å². The number of carbonyl (C=O) groups excluding carboxylic acids is 2. The number of esters is 1. The molecule has 4 aromatic rings. The lowest BCUT2D eigenvalue weighted by molar-refractivity contribution is -0.149. The largest absolute Gasteiger partial charge is 0.467 e. The third-order valence-corrected chi connectivity index (χ3v) is 5.15. The van der Waals surface area contributed by atoms with Gasteiger partial charge >= 0.3 is 5.97 Å². The summed E-state index contributed by atoms with van der Waals surface area (Å²) in [4.78, 5) is 34.1. The molecule has 9 heteroatoms. The highest BCUT2D eigenvalue weighted by Gasteiger charge is 2.17. The van der Waals surface area contributed by atoms with Gasteiger partial charge in [0.25, 0.3) is 5.91 Å². The van der Waals surface area contributed by atoms with E-state index in [0.717, 1.165) is 5.39 Å². The lowest BCUT2D eigenvalue weighted by atomic mass is 10.2. The molecule has 0 unspecified atom stereocenters. The van der Waals surface area contributed by atoms with Crippen molar-refractivity contribution in [3.63, 3.8) is 0 Å². The number of thioether (sulfide) groups is 1. The first-order valence-corrected chi connectivity index (χ1v) is 9.77. The minimum atomic E-state index is -0.516.